The van der Waals surface area contributed by atoms with Crippen LogP contribution in [0, 0.1) is 5.41 Å². The van der Waals surface area contributed by atoms with Gasteiger partial charge in [0.2, 0.25) is 5.91 Å². The molecule has 1 amide bonds. The van der Waals surface area contributed by atoms with Crippen LogP contribution in [0.15, 0.2) is 65.6 Å². The van der Waals surface area contributed by atoms with E-state index in [9.17, 15) is 4.79 Å². The summed E-state index contributed by atoms with van der Waals surface area (Å²) < 4.78 is 0. The molecule has 0 aromatic heterocycles. The van der Waals surface area contributed by atoms with E-state index < -0.39 is 5.41 Å². The molecular weight excluding hydrogens is 296 g/mol. The Morgan fingerprint density at radius 3 is 2.62 bits per heavy atom. The first-order valence-corrected chi connectivity index (χ1v) is 8.43. The number of nitrogens with one attached hydrogen (secondary N) is 1. The fourth-order valence-corrected chi connectivity index (χ4v) is 3.56. The molecule has 1 N–H and O–H groups in total. The van der Waals surface area contributed by atoms with E-state index in [0.29, 0.717) is 5.92 Å². The lowest BCUT2D eigenvalue weighted by Crippen LogP contribution is -2.47. The van der Waals surface area contributed by atoms with Gasteiger partial charge in [0.1, 0.15) is 0 Å². The van der Waals surface area contributed by atoms with Crippen molar-refractivity contribution < 1.29 is 4.79 Å². The third-order valence-corrected chi connectivity index (χ3v) is 5.14. The number of carbonyl (C=O) groups is 1. The van der Waals surface area contributed by atoms with Crippen LogP contribution in [0.3, 0.4) is 0 Å². The minimum absolute atomic E-state index is 0.136. The molecule has 0 bridgehead atoms. The molecule has 1 heterocycles. The van der Waals surface area contributed by atoms with Crippen LogP contribution in [0.25, 0.3) is 0 Å². The van der Waals surface area contributed by atoms with Crippen molar-refractivity contribution in [3.05, 3.63) is 71.2 Å². The molecule has 1 fully saturated rings. The highest BCUT2D eigenvalue weighted by molar-refractivity contribution is 5.86. The molecule has 124 valence electrons. The summed E-state index contributed by atoms with van der Waals surface area (Å²) in [7, 11) is 1.93. The van der Waals surface area contributed by atoms with E-state index in [1.807, 2.05) is 50.1 Å². The van der Waals surface area contributed by atoms with Crippen molar-refractivity contribution in [2.75, 3.05) is 20.1 Å². The maximum absolute atomic E-state index is 13.2. The van der Waals surface area contributed by atoms with Crippen LogP contribution in [0.2, 0.25) is 0 Å². The molecule has 2 atom stereocenters. The largest absolute Gasteiger partial charge is 0.340 e. The molecular formula is C21H24N2O. The minimum atomic E-state index is -0.579. The van der Waals surface area contributed by atoms with Gasteiger partial charge >= 0.3 is 0 Å². The topological polar surface area (TPSA) is 32.3 Å². The Balaban J connectivity index is 1.81. The van der Waals surface area contributed by atoms with E-state index in [1.54, 1.807) is 0 Å². The highest BCUT2D eigenvalue weighted by Crippen LogP contribution is 2.33. The first kappa shape index (κ1) is 16.5. The zero-order valence-electron chi connectivity index (χ0n) is 14.5. The van der Waals surface area contributed by atoms with Crippen molar-refractivity contribution in [3.63, 3.8) is 0 Å². The highest BCUT2D eigenvalue weighted by Gasteiger charge is 2.40. The van der Waals surface area contributed by atoms with Gasteiger partial charge in [-0.3, -0.25) is 4.79 Å². The Morgan fingerprint density at radius 1 is 1.21 bits per heavy atom. The lowest BCUT2D eigenvalue weighted by Gasteiger charge is -2.36. The maximum Gasteiger partial charge on any atom is 0.232 e. The zero-order chi connectivity index (χ0) is 17.2. The van der Waals surface area contributed by atoms with Gasteiger partial charge in [-0.2, -0.15) is 0 Å². The van der Waals surface area contributed by atoms with Gasteiger partial charge < -0.3 is 10.2 Å². The maximum atomic E-state index is 13.2. The molecule has 1 aromatic rings. The fraction of sp³-hybridized carbons (Fsp3) is 0.381. The summed E-state index contributed by atoms with van der Waals surface area (Å²) in [6.07, 6.45) is 5.62. The van der Waals surface area contributed by atoms with E-state index in [2.05, 4.69) is 41.0 Å². The number of hydrogen-bond acceptors (Lipinski definition) is 2. The molecule has 24 heavy (non-hydrogen) atoms. The van der Waals surface area contributed by atoms with Crippen molar-refractivity contribution >= 4 is 5.91 Å². The summed E-state index contributed by atoms with van der Waals surface area (Å²) in [4.78, 5) is 15.1. The fourth-order valence-electron chi connectivity index (χ4n) is 3.56. The van der Waals surface area contributed by atoms with E-state index in [1.165, 1.54) is 5.56 Å². The van der Waals surface area contributed by atoms with Crippen LogP contribution >= 0.6 is 0 Å². The van der Waals surface area contributed by atoms with Crippen LogP contribution in [-0.2, 0) is 4.79 Å². The summed E-state index contributed by atoms with van der Waals surface area (Å²) in [5.74, 6) is 0.461. The minimum Gasteiger partial charge on any atom is -0.340 e. The molecule has 2 aliphatic rings. The van der Waals surface area contributed by atoms with Gasteiger partial charge in [-0.25, -0.2) is 0 Å². The Morgan fingerprint density at radius 2 is 1.96 bits per heavy atom. The van der Waals surface area contributed by atoms with Crippen molar-refractivity contribution in [1.29, 1.82) is 0 Å². The van der Waals surface area contributed by atoms with Gasteiger partial charge in [0.05, 0.1) is 11.5 Å². The monoisotopic (exact) mass is 320 g/mol. The molecule has 1 aliphatic carbocycles. The predicted octanol–water partition coefficient (Wildman–Crippen LogP) is 3.03. The van der Waals surface area contributed by atoms with Gasteiger partial charge in [-0.1, -0.05) is 41.8 Å². The molecule has 0 spiro atoms. The summed E-state index contributed by atoms with van der Waals surface area (Å²) in [6, 6.07) is 10.6. The Bertz CT molecular complexity index is 747. The molecule has 3 heteroatoms. The summed E-state index contributed by atoms with van der Waals surface area (Å²) >= 11 is 0. The molecule has 1 saturated heterocycles. The highest BCUT2D eigenvalue weighted by atomic mass is 16.2. The van der Waals surface area contributed by atoms with E-state index >= 15 is 0 Å². The lowest BCUT2D eigenvalue weighted by molar-refractivity contribution is -0.139. The number of allylic oxidation sites excluding steroid dienone is 3. The standard InChI is InChI=1S/C21H24N2O/c1-21(2,17-12-8-5-9-13-17)20(24)23(3)19-15-22-14-18(19)16-10-6-4-7-11-16/h4,6-8,10-13,18-19,22H,14-15H2,1-3H3/t18-,19+/m0/s1. The van der Waals surface area contributed by atoms with Crippen LogP contribution in [0.1, 0.15) is 25.3 Å². The third kappa shape index (κ3) is 3.02. The lowest BCUT2D eigenvalue weighted by atomic mass is 9.81. The summed E-state index contributed by atoms with van der Waals surface area (Å²) in [6.45, 7) is 5.69. The Kier molecular flexibility index (Phi) is 4.59. The number of amides is 1. The number of hydrogen-bond donors (Lipinski definition) is 1. The van der Waals surface area contributed by atoms with Crippen LogP contribution in [0.4, 0.5) is 0 Å². The van der Waals surface area contributed by atoms with Gasteiger partial charge in [0, 0.05) is 26.1 Å². The molecule has 1 aromatic carbocycles. The summed E-state index contributed by atoms with van der Waals surface area (Å²) in [5.41, 5.74) is 7.53. The first-order chi connectivity index (χ1) is 11.5. The second kappa shape index (κ2) is 6.67. The molecule has 0 saturated carbocycles. The number of carbonyl (C=O) groups excluding carboxylic acids is 1. The quantitative estimate of drug-likeness (QED) is 0.865. The van der Waals surface area contributed by atoms with Gasteiger partial charge in [0.25, 0.3) is 0 Å². The number of benzene rings is 1. The Hall–Kier alpha value is -2.31. The van der Waals surface area contributed by atoms with Gasteiger partial charge in [-0.05, 0) is 43.2 Å². The summed E-state index contributed by atoms with van der Waals surface area (Å²) in [5, 5.41) is 3.44. The van der Waals surface area contributed by atoms with Crippen molar-refractivity contribution in [2.24, 2.45) is 5.41 Å². The van der Waals surface area contributed by atoms with E-state index in [4.69, 9.17) is 0 Å². The third-order valence-electron chi connectivity index (χ3n) is 5.14. The van der Waals surface area contributed by atoms with Crippen LogP contribution in [0.5, 0.6) is 0 Å². The van der Waals surface area contributed by atoms with Crippen molar-refractivity contribution in [1.82, 2.24) is 10.2 Å². The molecule has 3 nitrogen and oxygen atoms in total. The van der Waals surface area contributed by atoms with Gasteiger partial charge in [0.15, 0.2) is 0 Å². The van der Waals surface area contributed by atoms with Crippen LogP contribution < -0.4 is 5.32 Å². The average Bonchev–Trinajstić information content (AvgIpc) is 3.11. The molecule has 1 aliphatic heterocycles. The normalized spacial score (nSPS) is 22.5. The molecule has 3 rings (SSSR count). The Labute approximate surface area is 144 Å². The smallest absolute Gasteiger partial charge is 0.232 e. The molecule has 0 unspecified atom stereocenters. The first-order valence-electron chi connectivity index (χ1n) is 8.43. The second-order valence-electron chi connectivity index (χ2n) is 7.01. The van der Waals surface area contributed by atoms with Crippen molar-refractivity contribution in [2.45, 2.75) is 25.8 Å². The van der Waals surface area contributed by atoms with Gasteiger partial charge in [-0.15, -0.1) is 0 Å². The average molecular weight is 320 g/mol. The predicted molar refractivity (Wildman–Crippen MR) is 96.6 cm³/mol. The zero-order valence-corrected chi connectivity index (χ0v) is 14.5. The number of likely N-dealkylation sites (N-methyl/N-ethyl adjacent to an activating group) is 1. The van der Waals surface area contributed by atoms with E-state index in [0.717, 1.165) is 18.7 Å². The molecule has 0 radical (unpaired) electrons. The van der Waals surface area contributed by atoms with E-state index in [-0.39, 0.29) is 11.9 Å². The van der Waals surface area contributed by atoms with Crippen molar-refractivity contribution in [3.8, 4) is 0 Å². The SMILES string of the molecule is CN(C(=O)C(C)(C)C1=CC=C=C=C1)[C@@H]1CNC[C@H]1c1ccccc1. The second-order valence-corrected chi connectivity index (χ2v) is 7.01. The number of rotatable bonds is 4. The van der Waals surface area contributed by atoms with Crippen LogP contribution in [-0.4, -0.2) is 37.0 Å². The number of nitrogens with zero attached hydrogens (tertiary/aromatic N) is 1.